The number of nitriles is 1. The zero-order valence-corrected chi connectivity index (χ0v) is 17.4. The summed E-state index contributed by atoms with van der Waals surface area (Å²) in [6.07, 6.45) is 1.40. The van der Waals surface area contributed by atoms with E-state index in [0.717, 1.165) is 0 Å². The Bertz CT molecular complexity index is 1200. The standard InChI is InChI=1S/C24H17ClFN3O3/c25-21-6-1-2-7-22(21)29-24(31)17(14-27)12-16-4-3-5-20(13-16)32-15-23(30)28-19-10-8-18(26)9-11-19/h1-13H,15H2,(H,28,30)(H,29,31)/b17-12+. The van der Waals surface area contributed by atoms with E-state index in [1.807, 2.05) is 6.07 Å². The molecule has 0 spiro atoms. The normalized spacial score (nSPS) is 10.7. The number of nitrogens with one attached hydrogen (secondary N) is 2. The summed E-state index contributed by atoms with van der Waals surface area (Å²) in [6, 6.07) is 20.5. The van der Waals surface area contributed by atoms with E-state index in [9.17, 15) is 19.2 Å². The molecule has 2 amide bonds. The van der Waals surface area contributed by atoms with Gasteiger partial charge in [-0.15, -0.1) is 0 Å². The fourth-order valence-electron chi connectivity index (χ4n) is 2.64. The van der Waals surface area contributed by atoms with Crippen molar-refractivity contribution in [2.24, 2.45) is 0 Å². The fraction of sp³-hybridized carbons (Fsp3) is 0.0417. The highest BCUT2D eigenvalue weighted by molar-refractivity contribution is 6.34. The molecule has 0 aliphatic heterocycles. The lowest BCUT2D eigenvalue weighted by Crippen LogP contribution is -2.20. The van der Waals surface area contributed by atoms with Gasteiger partial charge in [0.1, 0.15) is 23.2 Å². The van der Waals surface area contributed by atoms with Gasteiger partial charge in [0.2, 0.25) is 0 Å². The van der Waals surface area contributed by atoms with E-state index in [1.165, 1.54) is 30.3 Å². The van der Waals surface area contributed by atoms with Gasteiger partial charge in [0, 0.05) is 5.69 Å². The molecule has 0 saturated heterocycles. The Kier molecular flexibility index (Phi) is 7.57. The minimum atomic E-state index is -0.606. The van der Waals surface area contributed by atoms with Gasteiger partial charge in [0.05, 0.1) is 10.7 Å². The fourth-order valence-corrected chi connectivity index (χ4v) is 2.82. The monoisotopic (exact) mass is 449 g/mol. The first-order valence-corrected chi connectivity index (χ1v) is 9.78. The van der Waals surface area contributed by atoms with Gasteiger partial charge in [-0.05, 0) is 60.2 Å². The van der Waals surface area contributed by atoms with Crippen molar-refractivity contribution in [2.45, 2.75) is 0 Å². The number of hydrogen-bond donors (Lipinski definition) is 2. The van der Waals surface area contributed by atoms with Crippen molar-refractivity contribution in [2.75, 3.05) is 17.2 Å². The minimum absolute atomic E-state index is 0.129. The number of carbonyl (C=O) groups is 2. The molecule has 3 rings (SSSR count). The lowest BCUT2D eigenvalue weighted by Gasteiger charge is -2.09. The Morgan fingerprint density at radius 1 is 1.03 bits per heavy atom. The number of rotatable bonds is 7. The van der Waals surface area contributed by atoms with Gasteiger partial charge < -0.3 is 15.4 Å². The average molecular weight is 450 g/mol. The highest BCUT2D eigenvalue weighted by Gasteiger charge is 2.11. The molecule has 0 saturated carbocycles. The number of para-hydroxylation sites is 1. The second-order valence-electron chi connectivity index (χ2n) is 6.52. The zero-order valence-electron chi connectivity index (χ0n) is 16.6. The predicted molar refractivity (Wildman–Crippen MR) is 121 cm³/mol. The van der Waals surface area contributed by atoms with Gasteiger partial charge in [-0.25, -0.2) is 4.39 Å². The first-order chi connectivity index (χ1) is 15.4. The maximum absolute atomic E-state index is 12.9. The molecule has 6 nitrogen and oxygen atoms in total. The number of carbonyl (C=O) groups excluding carboxylic acids is 2. The van der Waals surface area contributed by atoms with Gasteiger partial charge in [-0.1, -0.05) is 35.9 Å². The van der Waals surface area contributed by atoms with E-state index in [1.54, 1.807) is 48.5 Å². The molecule has 2 N–H and O–H groups in total. The predicted octanol–water partition coefficient (Wildman–Crippen LogP) is 5.04. The van der Waals surface area contributed by atoms with E-state index in [-0.39, 0.29) is 12.2 Å². The Hall–Kier alpha value is -4.15. The Morgan fingerprint density at radius 2 is 1.78 bits per heavy atom. The second-order valence-corrected chi connectivity index (χ2v) is 6.93. The van der Waals surface area contributed by atoms with Crippen LogP contribution in [-0.2, 0) is 9.59 Å². The largest absolute Gasteiger partial charge is 0.484 e. The van der Waals surface area contributed by atoms with Crippen LogP contribution in [0.1, 0.15) is 5.56 Å². The second kappa shape index (κ2) is 10.8. The summed E-state index contributed by atoms with van der Waals surface area (Å²) in [4.78, 5) is 24.4. The molecular formula is C24H17ClFN3O3. The van der Waals surface area contributed by atoms with Gasteiger partial charge >= 0.3 is 0 Å². The summed E-state index contributed by atoms with van der Waals surface area (Å²) < 4.78 is 18.4. The Labute approximate surface area is 188 Å². The van der Waals surface area contributed by atoms with Gasteiger partial charge in [0.15, 0.2) is 6.61 Å². The molecule has 3 aromatic rings. The lowest BCUT2D eigenvalue weighted by atomic mass is 10.1. The van der Waals surface area contributed by atoms with Crippen molar-refractivity contribution in [3.8, 4) is 11.8 Å². The lowest BCUT2D eigenvalue weighted by molar-refractivity contribution is -0.118. The smallest absolute Gasteiger partial charge is 0.266 e. The molecule has 0 fully saturated rings. The summed E-state index contributed by atoms with van der Waals surface area (Å²) >= 11 is 6.03. The van der Waals surface area contributed by atoms with E-state index in [0.29, 0.717) is 27.7 Å². The molecule has 0 aliphatic carbocycles. The number of anilines is 2. The molecule has 32 heavy (non-hydrogen) atoms. The van der Waals surface area contributed by atoms with Crippen LogP contribution in [0.3, 0.4) is 0 Å². The molecule has 0 atom stereocenters. The van der Waals surface area contributed by atoms with Crippen LogP contribution in [0.25, 0.3) is 6.08 Å². The third-order valence-electron chi connectivity index (χ3n) is 4.15. The maximum atomic E-state index is 12.9. The van der Waals surface area contributed by atoms with Gasteiger partial charge in [0.25, 0.3) is 11.8 Å². The minimum Gasteiger partial charge on any atom is -0.484 e. The van der Waals surface area contributed by atoms with E-state index in [4.69, 9.17) is 16.3 Å². The first-order valence-electron chi connectivity index (χ1n) is 9.40. The summed E-state index contributed by atoms with van der Waals surface area (Å²) in [5.74, 6) is -1.06. The zero-order chi connectivity index (χ0) is 22.9. The SMILES string of the molecule is N#C/C(=C\c1cccc(OCC(=O)Nc2ccc(F)cc2)c1)C(=O)Nc1ccccc1Cl. The number of benzene rings is 3. The number of ether oxygens (including phenoxy) is 1. The molecule has 160 valence electrons. The van der Waals surface area contributed by atoms with Crippen LogP contribution in [0.15, 0.2) is 78.4 Å². The van der Waals surface area contributed by atoms with Gasteiger partial charge in [-0.2, -0.15) is 5.26 Å². The summed E-state index contributed by atoms with van der Waals surface area (Å²) in [7, 11) is 0. The number of nitrogens with zero attached hydrogens (tertiary/aromatic N) is 1. The van der Waals surface area contributed by atoms with Gasteiger partial charge in [-0.3, -0.25) is 9.59 Å². The van der Waals surface area contributed by atoms with Crippen molar-refractivity contribution >= 4 is 40.9 Å². The average Bonchev–Trinajstić information content (AvgIpc) is 2.79. The summed E-state index contributed by atoms with van der Waals surface area (Å²) in [5.41, 5.74) is 1.24. The molecule has 3 aromatic carbocycles. The van der Waals surface area contributed by atoms with Crippen LogP contribution in [0.4, 0.5) is 15.8 Å². The molecule has 0 aromatic heterocycles. The third-order valence-corrected chi connectivity index (χ3v) is 4.48. The van der Waals surface area contributed by atoms with Crippen LogP contribution in [0.2, 0.25) is 5.02 Å². The topological polar surface area (TPSA) is 91.2 Å². The third kappa shape index (κ3) is 6.42. The highest BCUT2D eigenvalue weighted by atomic mass is 35.5. The number of halogens is 2. The van der Waals surface area contributed by atoms with Crippen molar-refractivity contribution in [3.63, 3.8) is 0 Å². The van der Waals surface area contributed by atoms with Crippen LogP contribution >= 0.6 is 11.6 Å². The quantitative estimate of drug-likeness (QED) is 0.390. The summed E-state index contributed by atoms with van der Waals surface area (Å²) in [6.45, 7) is -0.275. The molecule has 0 aliphatic rings. The number of hydrogen-bond acceptors (Lipinski definition) is 4. The molecule has 0 heterocycles. The molecule has 0 radical (unpaired) electrons. The van der Waals surface area contributed by atoms with Crippen LogP contribution in [0, 0.1) is 17.1 Å². The highest BCUT2D eigenvalue weighted by Crippen LogP contribution is 2.22. The van der Waals surface area contributed by atoms with Crippen molar-refractivity contribution in [1.29, 1.82) is 5.26 Å². The van der Waals surface area contributed by atoms with Crippen molar-refractivity contribution in [1.82, 2.24) is 0 Å². The number of amides is 2. The van der Waals surface area contributed by atoms with Crippen LogP contribution in [-0.4, -0.2) is 18.4 Å². The van der Waals surface area contributed by atoms with Crippen molar-refractivity contribution < 1.29 is 18.7 Å². The Balaban J connectivity index is 1.63. The Morgan fingerprint density at radius 3 is 2.50 bits per heavy atom. The molecular weight excluding hydrogens is 433 g/mol. The first kappa shape index (κ1) is 22.5. The van der Waals surface area contributed by atoms with E-state index < -0.39 is 17.6 Å². The van der Waals surface area contributed by atoms with Crippen molar-refractivity contribution in [3.05, 3.63) is 94.8 Å². The summed E-state index contributed by atoms with van der Waals surface area (Å²) in [5, 5.41) is 14.9. The van der Waals surface area contributed by atoms with E-state index in [2.05, 4.69) is 10.6 Å². The molecule has 0 bridgehead atoms. The molecule has 8 heteroatoms. The molecule has 0 unspecified atom stereocenters. The maximum Gasteiger partial charge on any atom is 0.266 e. The van der Waals surface area contributed by atoms with Crippen LogP contribution in [0.5, 0.6) is 5.75 Å². The van der Waals surface area contributed by atoms with E-state index >= 15 is 0 Å². The van der Waals surface area contributed by atoms with Crippen LogP contribution < -0.4 is 15.4 Å².